The second-order valence-corrected chi connectivity index (χ2v) is 6.72. The Kier molecular flexibility index (Phi) is 5.89. The van der Waals surface area contributed by atoms with E-state index in [2.05, 4.69) is 4.98 Å². The molecule has 0 aliphatic heterocycles. The van der Waals surface area contributed by atoms with Crippen molar-refractivity contribution in [2.24, 2.45) is 0 Å². The summed E-state index contributed by atoms with van der Waals surface area (Å²) in [5.74, 6) is 0. The number of benzene rings is 1. The number of hydrogen-bond acceptors (Lipinski definition) is 1. The van der Waals surface area contributed by atoms with Gasteiger partial charge in [0.25, 0.3) is 0 Å². The van der Waals surface area contributed by atoms with Crippen molar-refractivity contribution in [1.29, 1.82) is 0 Å². The van der Waals surface area contributed by atoms with Gasteiger partial charge in [-0.1, -0.05) is 11.6 Å². The minimum atomic E-state index is -6.62. The van der Waals surface area contributed by atoms with Gasteiger partial charge in [0, 0.05) is 32.5 Å². The van der Waals surface area contributed by atoms with Crippen molar-refractivity contribution in [3.8, 4) is 11.1 Å². The lowest BCUT2D eigenvalue weighted by molar-refractivity contribution is -0.348. The number of alkyl halides is 10. The second kappa shape index (κ2) is 7.18. The predicted molar refractivity (Wildman–Crippen MR) is 86.1 cm³/mol. The fraction of sp³-hybridized carbons (Fsp3) is 0.267. The molecule has 2 aromatic rings. The van der Waals surface area contributed by atoms with Crippen LogP contribution in [0, 0.1) is 9.64 Å². The first-order valence-corrected chi connectivity index (χ1v) is 8.24. The second-order valence-electron chi connectivity index (χ2n) is 5.28. The average molecular weight is 551 g/mol. The van der Waals surface area contributed by atoms with Crippen molar-refractivity contribution in [3.63, 3.8) is 0 Å². The largest absolute Gasteiger partial charge is 0.435 e. The van der Waals surface area contributed by atoms with Crippen LogP contribution in [0.1, 0.15) is 11.1 Å². The normalized spacial score (nSPS) is 13.7. The average Bonchev–Trinajstić information content (AvgIpc) is 2.51. The van der Waals surface area contributed by atoms with Crippen molar-refractivity contribution in [2.75, 3.05) is 0 Å². The zero-order valence-corrected chi connectivity index (χ0v) is 15.7. The Morgan fingerprint density at radius 2 is 1.46 bits per heavy atom. The molecule has 2 rings (SSSR count). The molecule has 1 nitrogen and oxygen atoms in total. The van der Waals surface area contributed by atoms with Crippen LogP contribution in [0.3, 0.4) is 0 Å². The topological polar surface area (TPSA) is 12.9 Å². The first-order chi connectivity index (χ1) is 12.5. The molecule has 13 heteroatoms. The van der Waals surface area contributed by atoms with E-state index in [1.54, 1.807) is 6.07 Å². The van der Waals surface area contributed by atoms with Gasteiger partial charge < -0.3 is 0 Å². The molecule has 0 atom stereocenters. The van der Waals surface area contributed by atoms with Crippen molar-refractivity contribution in [3.05, 3.63) is 50.3 Å². The third-order valence-corrected chi connectivity index (χ3v) is 4.62. The van der Waals surface area contributed by atoms with Gasteiger partial charge >= 0.3 is 24.2 Å². The SMILES string of the molecule is FC(F)(F)c1[c]c(I)c(-c2cccnc2Cl)c(C(F)(C(F)(F)F)C(F)(F)F)c1. The third kappa shape index (κ3) is 3.89. The van der Waals surface area contributed by atoms with E-state index in [4.69, 9.17) is 11.6 Å². The maximum absolute atomic E-state index is 14.7. The van der Waals surface area contributed by atoms with Crippen molar-refractivity contribution >= 4 is 34.2 Å². The van der Waals surface area contributed by atoms with Gasteiger partial charge in [-0.2, -0.15) is 39.5 Å². The molecule has 1 heterocycles. The molecule has 1 aromatic heterocycles. The van der Waals surface area contributed by atoms with Crippen LogP contribution in [0.5, 0.6) is 0 Å². The zero-order valence-electron chi connectivity index (χ0n) is 12.8. The van der Waals surface area contributed by atoms with Gasteiger partial charge in [0.1, 0.15) is 5.15 Å². The zero-order chi connectivity index (χ0) is 21.7. The molecule has 153 valence electrons. The van der Waals surface area contributed by atoms with Crippen LogP contribution < -0.4 is 0 Å². The molecule has 0 saturated carbocycles. The Labute approximate surface area is 168 Å². The van der Waals surface area contributed by atoms with Gasteiger partial charge in [-0.05, 0) is 40.8 Å². The summed E-state index contributed by atoms with van der Waals surface area (Å²) in [5, 5.41) is -0.637. The fourth-order valence-electron chi connectivity index (χ4n) is 2.28. The molecule has 0 saturated heterocycles. The fourth-order valence-corrected chi connectivity index (χ4v) is 3.36. The summed E-state index contributed by atoms with van der Waals surface area (Å²) >= 11 is 6.70. The van der Waals surface area contributed by atoms with E-state index in [-0.39, 0.29) is 0 Å². The molecule has 0 bridgehead atoms. The van der Waals surface area contributed by atoms with Crippen LogP contribution in [0.25, 0.3) is 11.1 Å². The van der Waals surface area contributed by atoms with Gasteiger partial charge in [0.15, 0.2) is 0 Å². The van der Waals surface area contributed by atoms with Crippen LogP contribution in [-0.4, -0.2) is 17.3 Å². The molecule has 0 spiro atoms. The molecule has 0 amide bonds. The maximum Gasteiger partial charge on any atom is 0.435 e. The van der Waals surface area contributed by atoms with Gasteiger partial charge in [0.05, 0.1) is 5.56 Å². The molecule has 1 radical (unpaired) electrons. The lowest BCUT2D eigenvalue weighted by Crippen LogP contribution is -2.51. The van der Waals surface area contributed by atoms with E-state index in [0.29, 0.717) is 0 Å². The Morgan fingerprint density at radius 3 is 1.89 bits per heavy atom. The summed E-state index contributed by atoms with van der Waals surface area (Å²) in [6.07, 6.45) is -17.6. The lowest BCUT2D eigenvalue weighted by Gasteiger charge is -2.32. The van der Waals surface area contributed by atoms with E-state index >= 15 is 0 Å². The van der Waals surface area contributed by atoms with Gasteiger partial charge in [-0.3, -0.25) is 0 Å². The number of nitrogens with zero attached hydrogens (tertiary/aromatic N) is 1. The van der Waals surface area contributed by atoms with Gasteiger partial charge in [0.2, 0.25) is 0 Å². The Morgan fingerprint density at radius 1 is 0.929 bits per heavy atom. The lowest BCUT2D eigenvalue weighted by atomic mass is 9.86. The summed E-state index contributed by atoms with van der Waals surface area (Å²) in [6, 6.07) is 3.01. The molecule has 0 fully saturated rings. The smallest absolute Gasteiger partial charge is 0.244 e. The van der Waals surface area contributed by atoms with E-state index in [0.717, 1.165) is 40.9 Å². The van der Waals surface area contributed by atoms with Crippen molar-refractivity contribution in [1.82, 2.24) is 4.98 Å². The molecule has 0 N–H and O–H groups in total. The Balaban J connectivity index is 3.06. The molecule has 0 aliphatic carbocycles. The minimum Gasteiger partial charge on any atom is -0.244 e. The van der Waals surface area contributed by atoms with E-state index in [1.165, 1.54) is 0 Å². The highest BCUT2D eigenvalue weighted by molar-refractivity contribution is 14.1. The highest BCUT2D eigenvalue weighted by atomic mass is 127. The number of rotatable bonds is 2. The number of aromatic nitrogens is 1. The van der Waals surface area contributed by atoms with Crippen LogP contribution in [0.4, 0.5) is 43.9 Å². The summed E-state index contributed by atoms with van der Waals surface area (Å²) in [4.78, 5) is 3.46. The monoisotopic (exact) mass is 550 g/mol. The Hall–Kier alpha value is -1.31. The Bertz CT molecular complexity index is 874. The third-order valence-electron chi connectivity index (χ3n) is 3.51. The van der Waals surface area contributed by atoms with Gasteiger partial charge in [-0.15, -0.1) is 0 Å². The quantitative estimate of drug-likeness (QED) is 0.221. The standard InChI is InChI=1S/C15H4ClF10IN/c16-11-7(2-1-3-28-11)10-8(4-6(5-9(10)27)13(18,19)20)12(17,14(21,22)23)15(24,25)26/h1-4H. The summed E-state index contributed by atoms with van der Waals surface area (Å²) in [5.41, 5.74) is -12.2. The molecular formula is C15H4ClF10IN. The van der Waals surface area contributed by atoms with Gasteiger partial charge in [-0.25, -0.2) is 9.37 Å². The number of hydrogen-bond donors (Lipinski definition) is 0. The summed E-state index contributed by atoms with van der Waals surface area (Å²) in [7, 11) is 0. The molecule has 0 aliphatic rings. The highest BCUT2D eigenvalue weighted by Crippen LogP contribution is 2.56. The molecule has 1 aromatic carbocycles. The maximum atomic E-state index is 14.7. The predicted octanol–water partition coefficient (Wildman–Crippen LogP) is 7.11. The van der Waals surface area contributed by atoms with Crippen molar-refractivity contribution < 1.29 is 43.9 Å². The van der Waals surface area contributed by atoms with Crippen LogP contribution >= 0.6 is 34.2 Å². The first kappa shape index (κ1) is 23.0. The van der Waals surface area contributed by atoms with E-state index < -0.39 is 61.2 Å². The van der Waals surface area contributed by atoms with Crippen LogP contribution in [0.2, 0.25) is 5.15 Å². The highest BCUT2D eigenvalue weighted by Gasteiger charge is 2.74. The molecular weight excluding hydrogens is 547 g/mol. The van der Waals surface area contributed by atoms with E-state index in [9.17, 15) is 43.9 Å². The summed E-state index contributed by atoms with van der Waals surface area (Å²) in [6.45, 7) is 0. The minimum absolute atomic E-state index is 0.568. The molecule has 28 heavy (non-hydrogen) atoms. The first-order valence-electron chi connectivity index (χ1n) is 6.78. The summed E-state index contributed by atoms with van der Waals surface area (Å²) < 4.78 is 132. The number of halogens is 12. The number of pyridine rings is 1. The van der Waals surface area contributed by atoms with Crippen molar-refractivity contribution in [2.45, 2.75) is 24.2 Å². The molecule has 0 unspecified atom stereocenters. The van der Waals surface area contributed by atoms with E-state index in [1.807, 2.05) is 0 Å². The van der Waals surface area contributed by atoms with Crippen LogP contribution in [-0.2, 0) is 11.8 Å². The van der Waals surface area contributed by atoms with Crippen LogP contribution in [0.15, 0.2) is 24.4 Å².